The Morgan fingerprint density at radius 1 is 0.838 bits per heavy atom. The third kappa shape index (κ3) is 13.1. The highest BCUT2D eigenvalue weighted by molar-refractivity contribution is 7.22. The van der Waals surface area contributed by atoms with Crippen LogP contribution >= 0.6 is 34.3 Å². The number of thiophene rings is 1. The number of fused-ring (bicyclic) bond motifs is 1. The maximum Gasteiger partial charge on any atom is 0.246 e. The Hall–Kier alpha value is -5.59. The van der Waals surface area contributed by atoms with Gasteiger partial charge in [-0.05, 0) is 90.6 Å². The molecule has 17 heteroatoms. The number of β-amino-alcohol motifs (C(OH)–C–C–N with tert-alkyl or cyclic N) is 1. The number of carbonyl (C=O) groups excluding carboxylic acids is 3. The van der Waals surface area contributed by atoms with Crippen molar-refractivity contribution >= 4 is 62.1 Å². The fourth-order valence-electron chi connectivity index (χ4n) is 7.72. The molecule has 3 heterocycles. The summed E-state index contributed by atoms with van der Waals surface area (Å²) in [6, 6.07) is 25.8. The van der Waals surface area contributed by atoms with Crippen LogP contribution in [-0.2, 0) is 28.6 Å². The summed E-state index contributed by atoms with van der Waals surface area (Å²) >= 11 is 9.24. The number of phenols is 1. The number of amides is 3. The van der Waals surface area contributed by atoms with Crippen LogP contribution < -0.4 is 20.1 Å². The van der Waals surface area contributed by atoms with E-state index in [-0.39, 0.29) is 50.5 Å². The van der Waals surface area contributed by atoms with Crippen LogP contribution in [0.5, 0.6) is 23.0 Å². The van der Waals surface area contributed by atoms with Crippen LogP contribution in [0, 0.1) is 12.3 Å². The smallest absolute Gasteiger partial charge is 0.246 e. The van der Waals surface area contributed by atoms with E-state index in [1.54, 1.807) is 23.5 Å². The summed E-state index contributed by atoms with van der Waals surface area (Å²) in [5.74, 6) is 0.846. The van der Waals surface area contributed by atoms with Gasteiger partial charge in [-0.15, -0.1) is 22.7 Å². The van der Waals surface area contributed by atoms with Crippen molar-refractivity contribution in [1.82, 2.24) is 20.5 Å². The SMILES string of the molecule is Cc1ncsc1-c1ccc([C@H](C)NC(=O)[C@@H]2C[C@@H](O)CN2C(=O)[C@@H](NC(=O)COCCOCCOCCOc2ccc(Oc3c(-c4ccc(Cl)cc4)sc4cc(O)ccc34)cc2)C(C)(C)C)cc1. The molecular formula is C51H57ClN4O10S2. The molecule has 1 aliphatic heterocycles. The molecule has 3 amide bonds. The summed E-state index contributed by atoms with van der Waals surface area (Å²) in [7, 11) is 0. The molecule has 14 nitrogen and oxygen atoms in total. The number of nitrogens with zero attached hydrogens (tertiary/aromatic N) is 2. The van der Waals surface area contributed by atoms with Crippen molar-refractivity contribution in [3.8, 4) is 43.9 Å². The van der Waals surface area contributed by atoms with Gasteiger partial charge in [0.15, 0.2) is 5.75 Å². The minimum absolute atomic E-state index is 0.0255. The third-order valence-corrected chi connectivity index (χ3v) is 13.7. The van der Waals surface area contributed by atoms with Crippen molar-refractivity contribution in [3.05, 3.63) is 113 Å². The monoisotopic (exact) mass is 984 g/mol. The zero-order valence-electron chi connectivity index (χ0n) is 38.7. The number of ether oxygens (including phenoxy) is 5. The Kier molecular flexibility index (Phi) is 17.1. The largest absolute Gasteiger partial charge is 0.508 e. The van der Waals surface area contributed by atoms with Crippen LogP contribution in [0.25, 0.3) is 31.0 Å². The minimum atomic E-state index is -0.977. The summed E-state index contributed by atoms with van der Waals surface area (Å²) in [5.41, 5.74) is 4.96. The van der Waals surface area contributed by atoms with E-state index in [1.807, 2.05) is 119 Å². The molecule has 0 radical (unpaired) electrons. The number of aliphatic hydroxyl groups is 1. The quantitative estimate of drug-likeness (QED) is 0.0507. The van der Waals surface area contributed by atoms with Gasteiger partial charge in [-0.1, -0.05) is 68.8 Å². The van der Waals surface area contributed by atoms with Crippen LogP contribution in [0.3, 0.4) is 0 Å². The van der Waals surface area contributed by atoms with Crippen molar-refractivity contribution in [2.75, 3.05) is 52.8 Å². The van der Waals surface area contributed by atoms with Gasteiger partial charge in [-0.3, -0.25) is 14.4 Å². The van der Waals surface area contributed by atoms with Crippen molar-refractivity contribution in [2.24, 2.45) is 5.41 Å². The second-order valence-corrected chi connectivity index (χ2v) is 19.9. The van der Waals surface area contributed by atoms with E-state index in [1.165, 1.54) is 16.2 Å². The Balaban J connectivity index is 0.780. The molecule has 0 saturated carbocycles. The second-order valence-electron chi connectivity index (χ2n) is 17.5. The number of aromatic nitrogens is 1. The average molecular weight is 986 g/mol. The van der Waals surface area contributed by atoms with E-state index < -0.39 is 35.4 Å². The molecule has 68 heavy (non-hydrogen) atoms. The van der Waals surface area contributed by atoms with E-state index in [0.29, 0.717) is 48.7 Å². The number of likely N-dealkylation sites (tertiary alicyclic amines) is 1. The van der Waals surface area contributed by atoms with Crippen LogP contribution in [0.4, 0.5) is 0 Å². The number of nitrogens with one attached hydrogen (secondary N) is 2. The van der Waals surface area contributed by atoms with Crippen molar-refractivity contribution in [2.45, 2.75) is 65.3 Å². The van der Waals surface area contributed by atoms with Crippen LogP contribution in [0.2, 0.25) is 5.02 Å². The first-order chi connectivity index (χ1) is 32.6. The first kappa shape index (κ1) is 50.3. The first-order valence-corrected chi connectivity index (χ1v) is 24.5. The van der Waals surface area contributed by atoms with Crippen molar-refractivity contribution < 1.29 is 48.3 Å². The molecule has 4 N–H and O–H groups in total. The molecule has 0 bridgehead atoms. The highest BCUT2D eigenvalue weighted by Gasteiger charge is 2.44. The first-order valence-electron chi connectivity index (χ1n) is 22.4. The minimum Gasteiger partial charge on any atom is -0.508 e. The van der Waals surface area contributed by atoms with Gasteiger partial charge in [0.1, 0.15) is 42.5 Å². The van der Waals surface area contributed by atoms with Gasteiger partial charge in [-0.25, -0.2) is 4.98 Å². The van der Waals surface area contributed by atoms with E-state index >= 15 is 0 Å². The van der Waals surface area contributed by atoms with Gasteiger partial charge in [-0.2, -0.15) is 0 Å². The van der Waals surface area contributed by atoms with Crippen molar-refractivity contribution in [1.29, 1.82) is 0 Å². The standard InChI is InChI=1S/C51H57ClN4O10S2/c1-31(33-6-8-34(9-7-33)46-32(2)53-30-67-46)54-49(60)42-26-38(58)28-56(42)50(61)48(51(3,4)5)55-44(59)29-64-23-22-62-20-21-63-24-25-65-39-15-17-40(18-16-39)66-45-41-19-14-37(57)27-43(41)68-47(45)35-10-12-36(52)13-11-35/h6-19,27,30-31,38,42,48,57-58H,20-26,28-29H2,1-5H3,(H,54,60)(H,55,59)/t31-,38+,42-,48+/m0/s1. The van der Waals surface area contributed by atoms with Gasteiger partial charge >= 0.3 is 0 Å². The number of hydrogen-bond donors (Lipinski definition) is 4. The highest BCUT2D eigenvalue weighted by atomic mass is 35.5. The van der Waals surface area contributed by atoms with Gasteiger partial charge < -0.3 is 49.4 Å². The van der Waals surface area contributed by atoms with Crippen LogP contribution in [0.15, 0.2) is 96.5 Å². The molecule has 7 rings (SSSR count). The summed E-state index contributed by atoms with van der Waals surface area (Å²) in [5, 5.41) is 28.0. The Labute approximate surface area is 409 Å². The van der Waals surface area contributed by atoms with Gasteiger partial charge in [0.05, 0.1) is 66.1 Å². The van der Waals surface area contributed by atoms with E-state index in [0.717, 1.165) is 42.2 Å². The Bertz CT molecular complexity index is 2630. The molecule has 2 aromatic heterocycles. The normalized spacial score (nSPS) is 15.8. The topological polar surface area (TPSA) is 178 Å². The number of thiazole rings is 1. The number of carbonyl (C=O) groups is 3. The van der Waals surface area contributed by atoms with E-state index in [4.69, 9.17) is 35.3 Å². The lowest BCUT2D eigenvalue weighted by atomic mass is 9.85. The van der Waals surface area contributed by atoms with Crippen molar-refractivity contribution in [3.63, 3.8) is 0 Å². The molecular weight excluding hydrogens is 928 g/mol. The number of hydrogen-bond acceptors (Lipinski definition) is 13. The molecule has 0 unspecified atom stereocenters. The van der Waals surface area contributed by atoms with E-state index in [9.17, 15) is 24.6 Å². The summed E-state index contributed by atoms with van der Waals surface area (Å²) in [6.07, 6.45) is -0.797. The van der Waals surface area contributed by atoms with Gasteiger partial charge in [0, 0.05) is 28.1 Å². The summed E-state index contributed by atoms with van der Waals surface area (Å²) < 4.78 is 29.9. The molecule has 0 aliphatic carbocycles. The Morgan fingerprint density at radius 2 is 1.47 bits per heavy atom. The number of aliphatic hydroxyl groups excluding tert-OH is 1. The Morgan fingerprint density at radius 3 is 2.13 bits per heavy atom. The van der Waals surface area contributed by atoms with Gasteiger partial charge in [0.2, 0.25) is 17.7 Å². The number of phenolic OH excluding ortho intramolecular Hbond substituents is 1. The van der Waals surface area contributed by atoms with Gasteiger partial charge in [0.25, 0.3) is 0 Å². The molecule has 0 spiro atoms. The average Bonchev–Trinajstić information content (AvgIpc) is 4.03. The number of aryl methyl sites for hydroxylation is 1. The highest BCUT2D eigenvalue weighted by Crippen LogP contribution is 2.47. The molecule has 1 saturated heterocycles. The zero-order valence-corrected chi connectivity index (χ0v) is 41.0. The number of halogens is 1. The molecule has 4 aromatic carbocycles. The lowest BCUT2D eigenvalue weighted by Gasteiger charge is -2.35. The lowest BCUT2D eigenvalue weighted by Crippen LogP contribution is -2.58. The molecule has 1 aliphatic rings. The van der Waals surface area contributed by atoms with E-state index in [2.05, 4.69) is 15.6 Å². The molecule has 1 fully saturated rings. The third-order valence-electron chi connectivity index (χ3n) is 11.3. The maximum absolute atomic E-state index is 14.0. The fraction of sp³-hybridized carbons (Fsp3) is 0.373. The van der Waals surface area contributed by atoms with Crippen LogP contribution in [-0.4, -0.2) is 109 Å². The summed E-state index contributed by atoms with van der Waals surface area (Å²) in [4.78, 5) is 48.4. The summed E-state index contributed by atoms with van der Waals surface area (Å²) in [6.45, 7) is 10.7. The molecule has 360 valence electrons. The molecule has 6 aromatic rings. The second kappa shape index (κ2) is 23.1. The fourth-order valence-corrected chi connectivity index (χ4v) is 9.82. The molecule has 4 atom stereocenters. The number of benzene rings is 4. The zero-order chi connectivity index (χ0) is 48.4. The number of rotatable bonds is 21. The predicted molar refractivity (Wildman–Crippen MR) is 265 cm³/mol. The maximum atomic E-state index is 14.0. The number of aromatic hydroxyl groups is 1. The predicted octanol–water partition coefficient (Wildman–Crippen LogP) is 8.95. The lowest BCUT2D eigenvalue weighted by molar-refractivity contribution is -0.144. The van der Waals surface area contributed by atoms with Crippen LogP contribution in [0.1, 0.15) is 51.4 Å².